The fraction of sp³-hybridized carbons (Fsp3) is 0.286. The molecular formula is C28H32N2O6S. The Bertz CT molecular complexity index is 1350. The lowest BCUT2D eigenvalue weighted by Crippen LogP contribution is -2.45. The molecule has 8 nitrogen and oxygen atoms in total. The number of alkyl carbamates (subject to hydrolysis) is 1. The number of sulfonamides is 1. The van der Waals surface area contributed by atoms with Crippen molar-refractivity contribution >= 4 is 27.8 Å². The van der Waals surface area contributed by atoms with Crippen molar-refractivity contribution in [2.75, 3.05) is 11.8 Å². The van der Waals surface area contributed by atoms with Gasteiger partial charge in [0.2, 0.25) is 0 Å². The van der Waals surface area contributed by atoms with Crippen molar-refractivity contribution in [1.82, 2.24) is 5.32 Å². The van der Waals surface area contributed by atoms with Gasteiger partial charge in [0.05, 0.1) is 12.0 Å². The minimum absolute atomic E-state index is 0.0824. The fourth-order valence-electron chi connectivity index (χ4n) is 3.63. The number of aryl methyl sites for hydroxylation is 1. The van der Waals surface area contributed by atoms with Gasteiger partial charge >= 0.3 is 12.1 Å². The minimum Gasteiger partial charge on any atom is -0.467 e. The van der Waals surface area contributed by atoms with E-state index in [4.69, 9.17) is 9.47 Å². The summed E-state index contributed by atoms with van der Waals surface area (Å²) in [5, 5.41) is 2.54. The lowest BCUT2D eigenvalue weighted by molar-refractivity contribution is -0.143. The van der Waals surface area contributed by atoms with E-state index in [9.17, 15) is 18.0 Å². The first-order valence-corrected chi connectivity index (χ1v) is 13.2. The molecule has 0 aliphatic rings. The van der Waals surface area contributed by atoms with Crippen LogP contribution in [-0.2, 0) is 30.7 Å². The molecule has 37 heavy (non-hydrogen) atoms. The van der Waals surface area contributed by atoms with E-state index >= 15 is 0 Å². The van der Waals surface area contributed by atoms with Gasteiger partial charge in [-0.3, -0.25) is 4.72 Å². The molecule has 1 atom stereocenters. The van der Waals surface area contributed by atoms with Gasteiger partial charge in [0.25, 0.3) is 10.0 Å². The molecule has 9 heteroatoms. The van der Waals surface area contributed by atoms with Crippen LogP contribution in [0.1, 0.15) is 31.9 Å². The first-order valence-electron chi connectivity index (χ1n) is 11.7. The molecule has 1 amide bonds. The summed E-state index contributed by atoms with van der Waals surface area (Å²) < 4.78 is 38.8. The quantitative estimate of drug-likeness (QED) is 0.398. The van der Waals surface area contributed by atoms with E-state index in [-0.39, 0.29) is 11.3 Å². The zero-order chi connectivity index (χ0) is 27.2. The molecule has 2 N–H and O–H groups in total. The van der Waals surface area contributed by atoms with Crippen molar-refractivity contribution in [3.63, 3.8) is 0 Å². The number of rotatable bonds is 8. The molecule has 0 aliphatic carbocycles. The third kappa shape index (κ3) is 7.82. The smallest absolute Gasteiger partial charge is 0.408 e. The monoisotopic (exact) mass is 524 g/mol. The van der Waals surface area contributed by atoms with Crippen LogP contribution in [0.2, 0.25) is 0 Å². The van der Waals surface area contributed by atoms with Crippen molar-refractivity contribution < 1.29 is 27.5 Å². The molecule has 0 saturated carbocycles. The predicted molar refractivity (Wildman–Crippen MR) is 143 cm³/mol. The third-order valence-electron chi connectivity index (χ3n) is 5.47. The normalized spacial score (nSPS) is 12.4. The van der Waals surface area contributed by atoms with E-state index in [0.29, 0.717) is 11.3 Å². The van der Waals surface area contributed by atoms with Gasteiger partial charge in [-0.15, -0.1) is 0 Å². The lowest BCUT2D eigenvalue weighted by Gasteiger charge is -2.23. The summed E-state index contributed by atoms with van der Waals surface area (Å²) in [7, 11) is -2.63. The maximum atomic E-state index is 13.0. The van der Waals surface area contributed by atoms with Crippen LogP contribution in [0, 0.1) is 6.92 Å². The molecule has 0 spiro atoms. The summed E-state index contributed by atoms with van der Waals surface area (Å²) >= 11 is 0. The number of hydrogen-bond donors (Lipinski definition) is 2. The van der Waals surface area contributed by atoms with Crippen LogP contribution in [0.3, 0.4) is 0 Å². The van der Waals surface area contributed by atoms with Crippen LogP contribution in [-0.4, -0.2) is 39.2 Å². The van der Waals surface area contributed by atoms with Gasteiger partial charge in [0.15, 0.2) is 0 Å². The zero-order valence-electron chi connectivity index (χ0n) is 21.6. The Balaban J connectivity index is 1.78. The van der Waals surface area contributed by atoms with Gasteiger partial charge in [-0.05, 0) is 74.2 Å². The summed E-state index contributed by atoms with van der Waals surface area (Å²) in [6.07, 6.45) is -0.671. The fourth-order valence-corrected chi connectivity index (χ4v) is 4.68. The summed E-state index contributed by atoms with van der Waals surface area (Å²) in [6, 6.07) is 20.3. The van der Waals surface area contributed by atoms with Crippen molar-refractivity contribution in [3.8, 4) is 11.1 Å². The Labute approximate surface area is 218 Å². The van der Waals surface area contributed by atoms with Gasteiger partial charge in [0.1, 0.15) is 11.6 Å². The van der Waals surface area contributed by atoms with Gasteiger partial charge in [-0.1, -0.05) is 48.5 Å². The number of ether oxygens (including phenoxy) is 2. The van der Waals surface area contributed by atoms with Crippen molar-refractivity contribution in [3.05, 3.63) is 83.9 Å². The maximum absolute atomic E-state index is 13.0. The third-order valence-corrected chi connectivity index (χ3v) is 6.87. The molecule has 3 aromatic rings. The molecule has 0 fully saturated rings. The number of hydrogen-bond acceptors (Lipinski definition) is 6. The van der Waals surface area contributed by atoms with Gasteiger partial charge in [0, 0.05) is 12.1 Å². The Morgan fingerprint density at radius 3 is 2.14 bits per heavy atom. The first-order chi connectivity index (χ1) is 17.4. The average molecular weight is 525 g/mol. The van der Waals surface area contributed by atoms with E-state index in [0.717, 1.165) is 16.7 Å². The number of anilines is 1. The van der Waals surface area contributed by atoms with Gasteiger partial charge in [-0.2, -0.15) is 0 Å². The number of esters is 1. The standard InChI is InChI=1S/C28H32N2O6S/c1-19-11-14-23(17-22(19)18-25(26(31)35-5)29-27(32)36-28(2,3)4)30-37(33,34)24-15-12-21(13-16-24)20-9-7-6-8-10-20/h6-17,25,30H,18H2,1-5H3,(H,29,32)/t25-/m0/s1. The Morgan fingerprint density at radius 1 is 0.919 bits per heavy atom. The number of methoxy groups -OCH3 is 1. The zero-order valence-corrected chi connectivity index (χ0v) is 22.4. The van der Waals surface area contributed by atoms with E-state index in [1.54, 1.807) is 63.2 Å². The Kier molecular flexibility index (Phi) is 8.60. The van der Waals surface area contributed by atoms with Crippen LogP contribution in [0.25, 0.3) is 11.1 Å². The van der Waals surface area contributed by atoms with E-state index in [1.807, 2.05) is 37.3 Å². The minimum atomic E-state index is -3.86. The van der Waals surface area contributed by atoms with Gasteiger partial charge in [-0.25, -0.2) is 18.0 Å². The van der Waals surface area contributed by atoms with Crippen molar-refractivity contribution in [2.24, 2.45) is 0 Å². The van der Waals surface area contributed by atoms with E-state index < -0.39 is 33.7 Å². The largest absolute Gasteiger partial charge is 0.467 e. The second-order valence-electron chi connectivity index (χ2n) is 9.56. The van der Waals surface area contributed by atoms with E-state index in [1.165, 1.54) is 7.11 Å². The molecule has 0 radical (unpaired) electrons. The lowest BCUT2D eigenvalue weighted by atomic mass is 10.0. The van der Waals surface area contributed by atoms with Crippen molar-refractivity contribution in [2.45, 2.75) is 50.7 Å². The van der Waals surface area contributed by atoms with Crippen LogP contribution in [0.5, 0.6) is 0 Å². The Morgan fingerprint density at radius 2 is 1.54 bits per heavy atom. The topological polar surface area (TPSA) is 111 Å². The second kappa shape index (κ2) is 11.5. The molecular weight excluding hydrogens is 492 g/mol. The van der Waals surface area contributed by atoms with Crippen LogP contribution in [0.15, 0.2) is 77.7 Å². The summed E-state index contributed by atoms with van der Waals surface area (Å²) in [4.78, 5) is 24.7. The number of carbonyl (C=O) groups is 2. The molecule has 0 unspecified atom stereocenters. The number of nitrogens with one attached hydrogen (secondary N) is 2. The molecule has 0 aliphatic heterocycles. The molecule has 0 aromatic heterocycles. The Hall–Kier alpha value is -3.85. The molecule has 0 saturated heterocycles. The average Bonchev–Trinajstić information content (AvgIpc) is 2.84. The summed E-state index contributed by atoms with van der Waals surface area (Å²) in [5.74, 6) is -0.644. The molecule has 3 aromatic carbocycles. The highest BCUT2D eigenvalue weighted by atomic mass is 32.2. The highest BCUT2D eigenvalue weighted by Crippen LogP contribution is 2.24. The van der Waals surface area contributed by atoms with Crippen LogP contribution in [0.4, 0.5) is 10.5 Å². The highest BCUT2D eigenvalue weighted by Gasteiger charge is 2.26. The highest BCUT2D eigenvalue weighted by molar-refractivity contribution is 7.92. The van der Waals surface area contributed by atoms with Crippen molar-refractivity contribution in [1.29, 1.82) is 0 Å². The molecule has 0 bridgehead atoms. The van der Waals surface area contributed by atoms with Crippen LogP contribution < -0.4 is 10.0 Å². The second-order valence-corrected chi connectivity index (χ2v) is 11.2. The number of amides is 1. The van der Waals surface area contributed by atoms with E-state index in [2.05, 4.69) is 10.0 Å². The van der Waals surface area contributed by atoms with Gasteiger partial charge < -0.3 is 14.8 Å². The predicted octanol–water partition coefficient (Wildman–Crippen LogP) is 5.07. The number of carbonyl (C=O) groups excluding carboxylic acids is 2. The number of benzene rings is 3. The first kappa shape index (κ1) is 27.7. The summed E-state index contributed by atoms with van der Waals surface area (Å²) in [5.41, 5.74) is 2.96. The SMILES string of the molecule is COC(=O)[C@H](Cc1cc(NS(=O)(=O)c2ccc(-c3ccccc3)cc2)ccc1C)NC(=O)OC(C)(C)C. The maximum Gasteiger partial charge on any atom is 0.408 e. The molecule has 0 heterocycles. The van der Waals surface area contributed by atoms with Crippen LogP contribution >= 0.6 is 0 Å². The molecule has 196 valence electrons. The summed E-state index contributed by atoms with van der Waals surface area (Å²) in [6.45, 7) is 6.98. The molecule has 3 rings (SSSR count).